The fourth-order valence-electron chi connectivity index (χ4n) is 2.41. The molecular formula is C13H19NO2. The molecule has 0 aliphatic heterocycles. The molecular weight excluding hydrogens is 202 g/mol. The summed E-state index contributed by atoms with van der Waals surface area (Å²) in [5.74, 6) is 0.963. The Morgan fingerprint density at radius 1 is 1.19 bits per heavy atom. The number of ether oxygens (including phenoxy) is 1. The predicted octanol–water partition coefficient (Wildman–Crippen LogP) is 2.22. The van der Waals surface area contributed by atoms with E-state index in [0.29, 0.717) is 6.54 Å². The van der Waals surface area contributed by atoms with Crippen molar-refractivity contribution in [1.29, 1.82) is 0 Å². The summed E-state index contributed by atoms with van der Waals surface area (Å²) in [6.45, 7) is 0.711. The van der Waals surface area contributed by atoms with Crippen LogP contribution in [-0.2, 0) is 24.2 Å². The van der Waals surface area contributed by atoms with E-state index in [4.69, 9.17) is 9.57 Å². The molecule has 0 aromatic heterocycles. The van der Waals surface area contributed by atoms with Gasteiger partial charge in [-0.1, -0.05) is 6.07 Å². The minimum absolute atomic E-state index is 0.711. The van der Waals surface area contributed by atoms with E-state index in [9.17, 15) is 0 Å². The van der Waals surface area contributed by atoms with Crippen LogP contribution in [0.2, 0.25) is 0 Å². The Kier molecular flexibility index (Phi) is 3.80. The van der Waals surface area contributed by atoms with Crippen LogP contribution in [-0.4, -0.2) is 14.2 Å². The van der Waals surface area contributed by atoms with E-state index in [1.54, 1.807) is 14.2 Å². The van der Waals surface area contributed by atoms with Crippen molar-refractivity contribution in [2.45, 2.75) is 32.2 Å². The van der Waals surface area contributed by atoms with Gasteiger partial charge in [0.2, 0.25) is 0 Å². The molecule has 0 saturated carbocycles. The van der Waals surface area contributed by atoms with Crippen molar-refractivity contribution >= 4 is 0 Å². The summed E-state index contributed by atoms with van der Waals surface area (Å²) in [6, 6.07) is 4.26. The van der Waals surface area contributed by atoms with Crippen molar-refractivity contribution in [3.05, 3.63) is 28.8 Å². The number of hydrogen-bond donors (Lipinski definition) is 1. The van der Waals surface area contributed by atoms with Crippen LogP contribution >= 0.6 is 0 Å². The molecule has 0 amide bonds. The quantitative estimate of drug-likeness (QED) is 0.791. The first-order valence-electron chi connectivity index (χ1n) is 5.80. The molecule has 3 nitrogen and oxygen atoms in total. The zero-order valence-electron chi connectivity index (χ0n) is 10.0. The molecule has 1 aromatic carbocycles. The van der Waals surface area contributed by atoms with Gasteiger partial charge in [0.25, 0.3) is 0 Å². The van der Waals surface area contributed by atoms with Crippen molar-refractivity contribution in [3.63, 3.8) is 0 Å². The van der Waals surface area contributed by atoms with Crippen molar-refractivity contribution in [2.24, 2.45) is 0 Å². The standard InChI is InChI=1S/C13H19NO2/c1-15-13-8-7-10-5-3-4-6-11(10)12(13)9-14-16-2/h7-8,14H,3-6,9H2,1-2H3. The van der Waals surface area contributed by atoms with Crippen LogP contribution < -0.4 is 10.2 Å². The Bertz CT molecular complexity index is 363. The van der Waals surface area contributed by atoms with Gasteiger partial charge in [0.05, 0.1) is 14.2 Å². The molecule has 0 atom stereocenters. The van der Waals surface area contributed by atoms with E-state index in [0.717, 1.165) is 12.2 Å². The number of rotatable bonds is 4. The Balaban J connectivity index is 2.35. The van der Waals surface area contributed by atoms with Crippen molar-refractivity contribution in [1.82, 2.24) is 5.48 Å². The van der Waals surface area contributed by atoms with Gasteiger partial charge in [0.1, 0.15) is 5.75 Å². The third-order valence-corrected chi connectivity index (χ3v) is 3.22. The lowest BCUT2D eigenvalue weighted by Crippen LogP contribution is -2.16. The fourth-order valence-corrected chi connectivity index (χ4v) is 2.41. The molecule has 0 bridgehead atoms. The summed E-state index contributed by atoms with van der Waals surface area (Å²) in [7, 11) is 3.36. The van der Waals surface area contributed by atoms with Crippen LogP contribution in [0.1, 0.15) is 29.5 Å². The van der Waals surface area contributed by atoms with Gasteiger partial charge in [0, 0.05) is 12.1 Å². The summed E-state index contributed by atoms with van der Waals surface area (Å²) >= 11 is 0. The number of nitrogens with one attached hydrogen (secondary N) is 1. The zero-order chi connectivity index (χ0) is 11.4. The first kappa shape index (κ1) is 11.4. The van der Waals surface area contributed by atoms with Gasteiger partial charge in [-0.25, -0.2) is 0 Å². The Hall–Kier alpha value is -1.06. The molecule has 0 saturated heterocycles. The average Bonchev–Trinajstić information content (AvgIpc) is 2.35. The first-order valence-corrected chi connectivity index (χ1v) is 5.80. The number of fused-ring (bicyclic) bond motifs is 1. The van der Waals surface area contributed by atoms with Gasteiger partial charge in [-0.3, -0.25) is 0 Å². The maximum atomic E-state index is 5.41. The zero-order valence-corrected chi connectivity index (χ0v) is 10.0. The third kappa shape index (κ3) is 2.20. The molecule has 2 rings (SSSR count). The summed E-state index contributed by atoms with van der Waals surface area (Å²) < 4.78 is 5.41. The number of aryl methyl sites for hydroxylation is 1. The molecule has 0 radical (unpaired) electrons. The van der Waals surface area contributed by atoms with Crippen LogP contribution in [0.15, 0.2) is 12.1 Å². The minimum atomic E-state index is 0.711. The number of benzene rings is 1. The molecule has 0 spiro atoms. The highest BCUT2D eigenvalue weighted by Crippen LogP contribution is 2.30. The Morgan fingerprint density at radius 3 is 2.75 bits per heavy atom. The van der Waals surface area contributed by atoms with E-state index >= 15 is 0 Å². The second-order valence-electron chi connectivity index (χ2n) is 4.12. The second-order valence-corrected chi connectivity index (χ2v) is 4.12. The maximum absolute atomic E-state index is 5.41. The van der Waals surface area contributed by atoms with E-state index in [1.165, 1.54) is 36.0 Å². The minimum Gasteiger partial charge on any atom is -0.496 e. The van der Waals surface area contributed by atoms with Gasteiger partial charge in [0.15, 0.2) is 0 Å². The number of methoxy groups -OCH3 is 1. The predicted molar refractivity (Wildman–Crippen MR) is 63.5 cm³/mol. The lowest BCUT2D eigenvalue weighted by Gasteiger charge is -2.21. The molecule has 1 aliphatic carbocycles. The van der Waals surface area contributed by atoms with Crippen LogP contribution in [0.25, 0.3) is 0 Å². The lowest BCUT2D eigenvalue weighted by molar-refractivity contribution is 0.0859. The largest absolute Gasteiger partial charge is 0.496 e. The van der Waals surface area contributed by atoms with Gasteiger partial charge in [-0.05, 0) is 42.9 Å². The normalized spacial score (nSPS) is 14.6. The summed E-state index contributed by atoms with van der Waals surface area (Å²) in [5.41, 5.74) is 7.09. The molecule has 0 fully saturated rings. The van der Waals surface area contributed by atoms with Crippen LogP contribution in [0.3, 0.4) is 0 Å². The molecule has 88 valence electrons. The van der Waals surface area contributed by atoms with Crippen molar-refractivity contribution in [2.75, 3.05) is 14.2 Å². The third-order valence-electron chi connectivity index (χ3n) is 3.22. The Labute approximate surface area is 96.7 Å². The Morgan fingerprint density at radius 2 is 2.00 bits per heavy atom. The van der Waals surface area contributed by atoms with Crippen molar-refractivity contribution < 1.29 is 9.57 Å². The van der Waals surface area contributed by atoms with Crippen LogP contribution in [0, 0.1) is 0 Å². The van der Waals surface area contributed by atoms with E-state index in [-0.39, 0.29) is 0 Å². The topological polar surface area (TPSA) is 30.5 Å². The van der Waals surface area contributed by atoms with E-state index in [2.05, 4.69) is 17.6 Å². The summed E-state index contributed by atoms with van der Waals surface area (Å²) in [5, 5.41) is 0. The van der Waals surface area contributed by atoms with E-state index in [1.807, 2.05) is 0 Å². The van der Waals surface area contributed by atoms with Crippen molar-refractivity contribution in [3.8, 4) is 5.75 Å². The molecule has 1 aromatic rings. The highest BCUT2D eigenvalue weighted by Gasteiger charge is 2.16. The van der Waals surface area contributed by atoms with Gasteiger partial charge in [-0.2, -0.15) is 5.48 Å². The maximum Gasteiger partial charge on any atom is 0.123 e. The number of hydroxylamine groups is 1. The van der Waals surface area contributed by atoms with Gasteiger partial charge >= 0.3 is 0 Å². The molecule has 1 N–H and O–H groups in total. The summed E-state index contributed by atoms with van der Waals surface area (Å²) in [6.07, 6.45) is 4.93. The highest BCUT2D eigenvalue weighted by atomic mass is 16.6. The summed E-state index contributed by atoms with van der Waals surface area (Å²) in [4.78, 5) is 4.93. The van der Waals surface area contributed by atoms with E-state index < -0.39 is 0 Å². The molecule has 16 heavy (non-hydrogen) atoms. The molecule has 1 aliphatic rings. The molecule has 0 unspecified atom stereocenters. The van der Waals surface area contributed by atoms with Crippen LogP contribution in [0.4, 0.5) is 0 Å². The second kappa shape index (κ2) is 5.32. The molecule has 3 heteroatoms. The monoisotopic (exact) mass is 221 g/mol. The first-order chi connectivity index (χ1) is 7.86. The SMILES string of the molecule is CONCc1c(OC)ccc2c1CCCC2. The smallest absolute Gasteiger partial charge is 0.123 e. The lowest BCUT2D eigenvalue weighted by atomic mass is 9.88. The van der Waals surface area contributed by atoms with Crippen LogP contribution in [0.5, 0.6) is 5.75 Å². The van der Waals surface area contributed by atoms with Gasteiger partial charge < -0.3 is 9.57 Å². The number of hydrogen-bond acceptors (Lipinski definition) is 3. The average molecular weight is 221 g/mol. The molecule has 0 heterocycles. The van der Waals surface area contributed by atoms with Gasteiger partial charge in [-0.15, -0.1) is 0 Å². The fraction of sp³-hybridized carbons (Fsp3) is 0.538. The highest BCUT2D eigenvalue weighted by molar-refractivity contribution is 5.46.